The zero-order valence-electron chi connectivity index (χ0n) is 16.2. The van der Waals surface area contributed by atoms with Crippen LogP contribution in [0.3, 0.4) is 0 Å². The van der Waals surface area contributed by atoms with E-state index in [2.05, 4.69) is 10.5 Å². The monoisotopic (exact) mass is 536 g/mol. The molecule has 0 fully saturated rings. The number of hydrogen-bond acceptors (Lipinski definition) is 7. The first kappa shape index (κ1) is 22.2. The number of nitrogens with zero attached hydrogens (tertiary/aromatic N) is 1. The molecule has 3 aromatic rings. The Hall–Kier alpha value is -3.54. The van der Waals surface area contributed by atoms with E-state index in [9.17, 15) is 14.7 Å². The van der Waals surface area contributed by atoms with Gasteiger partial charge in [0.15, 0.2) is 11.5 Å². The Labute approximate surface area is 190 Å². The van der Waals surface area contributed by atoms with Crippen molar-refractivity contribution in [1.82, 2.24) is 5.43 Å². The number of phenolic OH excluding ortho intramolecular Hbond substituents is 1. The van der Waals surface area contributed by atoms with Gasteiger partial charge in [0.2, 0.25) is 5.76 Å². The first-order chi connectivity index (χ1) is 14.9. The van der Waals surface area contributed by atoms with E-state index in [1.165, 1.54) is 31.5 Å². The number of methoxy groups -OCH3 is 1. The molecule has 0 spiro atoms. The van der Waals surface area contributed by atoms with Crippen molar-refractivity contribution in [3.8, 4) is 17.2 Å². The first-order valence-corrected chi connectivity index (χ1v) is 9.90. The lowest BCUT2D eigenvalue weighted by Gasteiger charge is -2.10. The molecule has 0 saturated carbocycles. The Morgan fingerprint density at radius 3 is 2.65 bits per heavy atom. The predicted molar refractivity (Wildman–Crippen MR) is 119 cm³/mol. The summed E-state index contributed by atoms with van der Waals surface area (Å²) < 4.78 is 16.7. The van der Waals surface area contributed by atoms with Crippen LogP contribution in [-0.4, -0.2) is 35.4 Å². The summed E-state index contributed by atoms with van der Waals surface area (Å²) in [5.74, 6) is -0.568. The van der Waals surface area contributed by atoms with Gasteiger partial charge >= 0.3 is 5.97 Å². The van der Waals surface area contributed by atoms with Gasteiger partial charge in [0.25, 0.3) is 5.91 Å². The molecule has 3 rings (SSSR count). The average Bonchev–Trinajstić information content (AvgIpc) is 3.24. The van der Waals surface area contributed by atoms with E-state index in [4.69, 9.17) is 19.0 Å². The number of ether oxygens (including phenoxy) is 2. The van der Waals surface area contributed by atoms with Crippen molar-refractivity contribution in [2.24, 2.45) is 5.10 Å². The van der Waals surface area contributed by atoms with E-state index < -0.39 is 11.9 Å². The number of nitrogens with one attached hydrogen (secondary N) is 1. The van der Waals surface area contributed by atoms with Crippen LogP contribution in [0.1, 0.15) is 32.2 Å². The van der Waals surface area contributed by atoms with E-state index >= 15 is 0 Å². The number of carboxylic acids is 1. The zero-order chi connectivity index (χ0) is 22.4. The van der Waals surface area contributed by atoms with Gasteiger partial charge in [-0.15, -0.1) is 0 Å². The second kappa shape index (κ2) is 9.98. The minimum absolute atomic E-state index is 0.0197. The van der Waals surface area contributed by atoms with Crippen LogP contribution in [0.5, 0.6) is 17.2 Å². The van der Waals surface area contributed by atoms with Crippen LogP contribution < -0.4 is 14.9 Å². The number of carboxylic acid groups (broad SMARTS) is 1. The lowest BCUT2D eigenvalue weighted by Crippen LogP contribution is -2.17. The number of phenols is 1. The lowest BCUT2D eigenvalue weighted by atomic mass is 10.2. The van der Waals surface area contributed by atoms with E-state index in [0.29, 0.717) is 26.4 Å². The molecule has 0 saturated heterocycles. The third-order valence-corrected chi connectivity index (χ3v) is 4.93. The topological polar surface area (TPSA) is 131 Å². The van der Waals surface area contributed by atoms with E-state index in [0.717, 1.165) is 0 Å². The number of rotatable bonds is 8. The smallest absolute Gasteiger partial charge is 0.371 e. The number of aromatic carboxylic acids is 1. The molecule has 3 N–H and O–H groups in total. The van der Waals surface area contributed by atoms with Crippen LogP contribution in [-0.2, 0) is 6.61 Å². The van der Waals surface area contributed by atoms with Gasteiger partial charge in [0, 0.05) is 5.56 Å². The SMILES string of the molecule is COc1cc(/C=N\NC(=O)c2ccc(I)c(O)c2)ccc1OCc1ccc(C(=O)O)o1. The van der Waals surface area contributed by atoms with Crippen molar-refractivity contribution < 1.29 is 33.7 Å². The molecule has 0 bridgehead atoms. The van der Waals surface area contributed by atoms with Crippen molar-refractivity contribution in [2.45, 2.75) is 6.61 Å². The summed E-state index contributed by atoms with van der Waals surface area (Å²) in [6.07, 6.45) is 1.43. The standard InChI is InChI=1S/C21H17IN2O7/c1-29-19-8-12(10-23-24-20(26)13-3-5-15(22)16(25)9-13)2-6-17(19)30-11-14-4-7-18(31-14)21(27)28/h2-10,25H,11H2,1H3,(H,24,26)(H,27,28)/b23-10-. The van der Waals surface area contributed by atoms with Gasteiger partial charge in [-0.05, 0) is 76.7 Å². The summed E-state index contributed by atoms with van der Waals surface area (Å²) >= 11 is 1.96. The molecule has 10 heteroatoms. The normalized spacial score (nSPS) is 10.8. The van der Waals surface area contributed by atoms with Crippen LogP contribution in [0, 0.1) is 3.57 Å². The number of amides is 1. The highest BCUT2D eigenvalue weighted by Gasteiger charge is 2.11. The maximum absolute atomic E-state index is 12.1. The maximum atomic E-state index is 12.1. The number of halogens is 1. The van der Waals surface area contributed by atoms with Gasteiger partial charge in [0.05, 0.1) is 16.9 Å². The number of hydrogen-bond donors (Lipinski definition) is 3. The number of aromatic hydroxyl groups is 1. The molecular formula is C21H17IN2O7. The Kier molecular flexibility index (Phi) is 7.13. The molecule has 0 radical (unpaired) electrons. The molecule has 160 valence electrons. The fraction of sp³-hybridized carbons (Fsp3) is 0.0952. The number of carbonyl (C=O) groups excluding carboxylic acids is 1. The second-order valence-electron chi connectivity index (χ2n) is 6.14. The largest absolute Gasteiger partial charge is 0.507 e. The maximum Gasteiger partial charge on any atom is 0.371 e. The first-order valence-electron chi connectivity index (χ1n) is 8.82. The van der Waals surface area contributed by atoms with Crippen LogP contribution in [0.2, 0.25) is 0 Å². The van der Waals surface area contributed by atoms with Crippen molar-refractivity contribution in [1.29, 1.82) is 0 Å². The van der Waals surface area contributed by atoms with Gasteiger partial charge in [0.1, 0.15) is 18.1 Å². The lowest BCUT2D eigenvalue weighted by molar-refractivity contribution is 0.0657. The molecule has 0 aliphatic rings. The van der Waals surface area contributed by atoms with E-state index in [-0.39, 0.29) is 23.7 Å². The van der Waals surface area contributed by atoms with Gasteiger partial charge in [-0.25, -0.2) is 10.2 Å². The third-order valence-electron chi connectivity index (χ3n) is 4.02. The average molecular weight is 536 g/mol. The zero-order valence-corrected chi connectivity index (χ0v) is 18.3. The molecule has 1 heterocycles. The highest BCUT2D eigenvalue weighted by Crippen LogP contribution is 2.28. The molecule has 0 aliphatic carbocycles. The third kappa shape index (κ3) is 5.75. The van der Waals surface area contributed by atoms with E-state index in [1.807, 2.05) is 22.6 Å². The Bertz CT molecular complexity index is 1140. The van der Waals surface area contributed by atoms with Crippen LogP contribution in [0.4, 0.5) is 0 Å². The number of furan rings is 1. The van der Waals surface area contributed by atoms with E-state index in [1.54, 1.807) is 30.3 Å². The van der Waals surface area contributed by atoms with Crippen LogP contribution in [0.15, 0.2) is 58.0 Å². The molecule has 1 amide bonds. The Morgan fingerprint density at radius 1 is 1.16 bits per heavy atom. The minimum atomic E-state index is -1.15. The summed E-state index contributed by atoms with van der Waals surface area (Å²) in [5, 5.41) is 22.5. The molecule has 0 unspecified atom stereocenters. The van der Waals surface area contributed by atoms with Gasteiger partial charge in [-0.2, -0.15) is 5.10 Å². The highest BCUT2D eigenvalue weighted by molar-refractivity contribution is 14.1. The number of hydrazone groups is 1. The Balaban J connectivity index is 1.62. The fourth-order valence-corrected chi connectivity index (χ4v) is 2.82. The van der Waals surface area contributed by atoms with Crippen molar-refractivity contribution in [3.05, 3.63) is 74.7 Å². The van der Waals surface area contributed by atoms with Gasteiger partial charge < -0.3 is 24.1 Å². The molecule has 0 atom stereocenters. The van der Waals surface area contributed by atoms with Crippen molar-refractivity contribution >= 4 is 40.7 Å². The van der Waals surface area contributed by atoms with Crippen LogP contribution >= 0.6 is 22.6 Å². The molecular weight excluding hydrogens is 519 g/mol. The number of carbonyl (C=O) groups is 2. The summed E-state index contributed by atoms with van der Waals surface area (Å²) in [5.41, 5.74) is 3.31. The van der Waals surface area contributed by atoms with Gasteiger partial charge in [-0.3, -0.25) is 4.79 Å². The molecule has 31 heavy (non-hydrogen) atoms. The highest BCUT2D eigenvalue weighted by atomic mass is 127. The summed E-state index contributed by atoms with van der Waals surface area (Å²) in [4.78, 5) is 23.0. The van der Waals surface area contributed by atoms with Crippen molar-refractivity contribution in [3.63, 3.8) is 0 Å². The quantitative estimate of drug-likeness (QED) is 0.228. The van der Waals surface area contributed by atoms with Gasteiger partial charge in [-0.1, -0.05) is 0 Å². The molecule has 9 nitrogen and oxygen atoms in total. The number of benzene rings is 2. The second-order valence-corrected chi connectivity index (χ2v) is 7.30. The minimum Gasteiger partial charge on any atom is -0.507 e. The Morgan fingerprint density at radius 2 is 1.97 bits per heavy atom. The fourth-order valence-electron chi connectivity index (χ4n) is 2.49. The molecule has 1 aromatic heterocycles. The van der Waals surface area contributed by atoms with Crippen LogP contribution in [0.25, 0.3) is 0 Å². The predicted octanol–water partition coefficient (Wildman–Crippen LogP) is 3.64. The summed E-state index contributed by atoms with van der Waals surface area (Å²) in [6, 6.07) is 12.5. The molecule has 2 aromatic carbocycles. The summed E-state index contributed by atoms with van der Waals surface area (Å²) in [6.45, 7) is 0.0238. The summed E-state index contributed by atoms with van der Waals surface area (Å²) in [7, 11) is 1.48. The van der Waals surface area contributed by atoms with Crippen molar-refractivity contribution in [2.75, 3.05) is 7.11 Å². The molecule has 0 aliphatic heterocycles.